The number of carbonyl (C=O) groups is 1. The van der Waals surface area contributed by atoms with E-state index in [1.807, 2.05) is 30.5 Å². The van der Waals surface area contributed by atoms with Crippen LogP contribution in [-0.2, 0) is 17.9 Å². The summed E-state index contributed by atoms with van der Waals surface area (Å²) in [4.78, 5) is 12.2. The maximum absolute atomic E-state index is 13.2. The Balaban J connectivity index is 1.39. The second-order valence-electron chi connectivity index (χ2n) is 7.19. The molecule has 0 radical (unpaired) electrons. The fourth-order valence-electron chi connectivity index (χ4n) is 3.38. The number of rotatable bonds is 6. The van der Waals surface area contributed by atoms with Crippen molar-refractivity contribution in [2.24, 2.45) is 0 Å². The molecule has 0 aliphatic rings. The Morgan fingerprint density at radius 1 is 0.906 bits per heavy atom. The van der Waals surface area contributed by atoms with Crippen LogP contribution in [0.2, 0.25) is 0 Å². The minimum absolute atomic E-state index is 0.0376. The van der Waals surface area contributed by atoms with Crippen LogP contribution in [0.5, 0.6) is 0 Å². The summed E-state index contributed by atoms with van der Waals surface area (Å²) in [6.07, 6.45) is 2.02. The van der Waals surface area contributed by atoms with E-state index in [4.69, 9.17) is 12.2 Å². The van der Waals surface area contributed by atoms with E-state index in [-0.39, 0.29) is 16.6 Å². The van der Waals surface area contributed by atoms with Gasteiger partial charge < -0.3 is 15.3 Å². The van der Waals surface area contributed by atoms with Gasteiger partial charge in [0.05, 0.1) is 0 Å². The van der Waals surface area contributed by atoms with Crippen LogP contribution in [0.1, 0.15) is 11.1 Å². The number of amides is 1. The maximum Gasteiger partial charge on any atom is 0.284 e. The van der Waals surface area contributed by atoms with Crippen molar-refractivity contribution in [2.45, 2.75) is 13.1 Å². The quantitative estimate of drug-likeness (QED) is 0.299. The molecule has 0 atom stereocenters. The zero-order valence-corrected chi connectivity index (χ0v) is 17.8. The topological polar surface area (TPSA) is 58.1 Å². The number of fused-ring (bicyclic) bond motifs is 1. The third-order valence-corrected chi connectivity index (χ3v) is 5.21. The molecule has 0 fully saturated rings. The highest BCUT2D eigenvalue weighted by molar-refractivity contribution is 7.82. The minimum Gasteiger partial charge on any atom is -0.343 e. The lowest BCUT2D eigenvalue weighted by Gasteiger charge is -2.10. The molecule has 0 unspecified atom stereocenters. The molecule has 0 aliphatic heterocycles. The summed E-state index contributed by atoms with van der Waals surface area (Å²) < 4.78 is 28.3. The fourth-order valence-corrected chi connectivity index (χ4v) is 3.50. The van der Waals surface area contributed by atoms with Gasteiger partial charge in [0, 0.05) is 35.9 Å². The first-order valence-corrected chi connectivity index (χ1v) is 10.3. The molecule has 32 heavy (non-hydrogen) atoms. The van der Waals surface area contributed by atoms with Crippen molar-refractivity contribution in [2.75, 3.05) is 5.32 Å². The molecule has 1 amide bonds. The molecular formula is C24H20F2N4OS. The Labute approximate surface area is 189 Å². The summed E-state index contributed by atoms with van der Waals surface area (Å²) in [5, 5.41) is 3.66. The third-order valence-electron chi connectivity index (χ3n) is 4.93. The first kappa shape index (κ1) is 21.6. The Morgan fingerprint density at radius 2 is 1.56 bits per heavy atom. The molecule has 1 aromatic heterocycles. The minimum atomic E-state index is -0.502. The van der Waals surface area contributed by atoms with E-state index in [0.717, 1.165) is 22.0 Å². The number of aromatic nitrogens is 1. The van der Waals surface area contributed by atoms with Crippen molar-refractivity contribution in [3.05, 3.63) is 102 Å². The fraction of sp³-hybridized carbons (Fsp3) is 0.0833. The molecule has 0 saturated carbocycles. The van der Waals surface area contributed by atoms with Crippen LogP contribution in [-0.4, -0.2) is 15.5 Å². The molecule has 4 aromatic rings. The van der Waals surface area contributed by atoms with Crippen molar-refractivity contribution in [1.29, 1.82) is 0 Å². The van der Waals surface area contributed by atoms with E-state index < -0.39 is 5.91 Å². The summed E-state index contributed by atoms with van der Waals surface area (Å²) in [7, 11) is 0. The van der Waals surface area contributed by atoms with Crippen LogP contribution in [0.15, 0.2) is 79.0 Å². The van der Waals surface area contributed by atoms with Gasteiger partial charge in [-0.3, -0.25) is 4.79 Å². The summed E-state index contributed by atoms with van der Waals surface area (Å²) in [5.41, 5.74) is 9.21. The van der Waals surface area contributed by atoms with E-state index in [9.17, 15) is 13.6 Å². The second-order valence-corrected chi connectivity index (χ2v) is 7.60. The van der Waals surface area contributed by atoms with Gasteiger partial charge in [-0.1, -0.05) is 42.5 Å². The number of halogens is 2. The maximum atomic E-state index is 13.2. The standard InChI is InChI=1S/C24H20F2N4OS/c25-18-7-5-16(6-8-18)14-30-15-17(21-3-1-2-4-22(21)30)13-27-29-24(32)23(31)28-20-11-9-19(26)10-12-20/h1-12,15,27H,13-14H2,(H,28,31)(H,29,32). The van der Waals surface area contributed by atoms with Gasteiger partial charge in [-0.15, -0.1) is 0 Å². The Morgan fingerprint density at radius 3 is 2.28 bits per heavy atom. The molecule has 8 heteroatoms. The molecule has 4 rings (SSSR count). The summed E-state index contributed by atoms with van der Waals surface area (Å²) in [5.74, 6) is -1.15. The Hall–Kier alpha value is -3.62. The number of nitrogens with zero attached hydrogens (tertiary/aromatic N) is 1. The third kappa shape index (κ3) is 5.16. The zero-order valence-electron chi connectivity index (χ0n) is 16.9. The smallest absolute Gasteiger partial charge is 0.284 e. The largest absolute Gasteiger partial charge is 0.343 e. The number of nitrogens with one attached hydrogen (secondary N) is 3. The van der Waals surface area contributed by atoms with Crippen LogP contribution < -0.4 is 16.2 Å². The van der Waals surface area contributed by atoms with Crippen LogP contribution in [0.4, 0.5) is 14.5 Å². The zero-order chi connectivity index (χ0) is 22.5. The van der Waals surface area contributed by atoms with Gasteiger partial charge in [-0.2, -0.15) is 0 Å². The SMILES string of the molecule is O=C(Nc1ccc(F)cc1)C(=S)NNCc1cn(Cc2ccc(F)cc2)c2ccccc12. The normalized spacial score (nSPS) is 10.8. The van der Waals surface area contributed by atoms with Crippen LogP contribution in [0.3, 0.4) is 0 Å². The number of thiocarbonyl (C=S) groups is 1. The number of benzene rings is 3. The first-order valence-electron chi connectivity index (χ1n) is 9.90. The number of hydrogen-bond donors (Lipinski definition) is 3. The molecule has 3 aromatic carbocycles. The van der Waals surface area contributed by atoms with Crippen molar-refractivity contribution >= 4 is 39.7 Å². The molecule has 3 N–H and O–H groups in total. The molecule has 0 bridgehead atoms. The number of hydrazine groups is 1. The molecule has 162 valence electrons. The lowest BCUT2D eigenvalue weighted by molar-refractivity contribution is -0.110. The lowest BCUT2D eigenvalue weighted by atomic mass is 10.2. The monoisotopic (exact) mass is 450 g/mol. The Bertz CT molecular complexity index is 1250. The molecule has 1 heterocycles. The predicted molar refractivity (Wildman–Crippen MR) is 125 cm³/mol. The predicted octanol–water partition coefficient (Wildman–Crippen LogP) is 4.53. The summed E-state index contributed by atoms with van der Waals surface area (Å²) in [6.45, 7) is 1.02. The van der Waals surface area contributed by atoms with Crippen LogP contribution in [0.25, 0.3) is 10.9 Å². The van der Waals surface area contributed by atoms with Crippen molar-refractivity contribution < 1.29 is 13.6 Å². The van der Waals surface area contributed by atoms with Crippen molar-refractivity contribution in [1.82, 2.24) is 15.4 Å². The number of para-hydroxylation sites is 1. The Kier molecular flexibility index (Phi) is 6.53. The average Bonchev–Trinajstić information content (AvgIpc) is 3.14. The van der Waals surface area contributed by atoms with Crippen LogP contribution >= 0.6 is 12.2 Å². The molecule has 0 saturated heterocycles. The second kappa shape index (κ2) is 9.67. The molecule has 0 spiro atoms. The molecule has 0 aliphatic carbocycles. The van der Waals surface area contributed by atoms with Gasteiger partial charge in [0.2, 0.25) is 0 Å². The number of carbonyl (C=O) groups excluding carboxylic acids is 1. The van der Waals surface area contributed by atoms with E-state index >= 15 is 0 Å². The van der Waals surface area contributed by atoms with Gasteiger partial charge in [-0.05, 0) is 53.6 Å². The van der Waals surface area contributed by atoms with Crippen LogP contribution in [0, 0.1) is 11.6 Å². The van der Waals surface area contributed by atoms with Crippen molar-refractivity contribution in [3.63, 3.8) is 0 Å². The highest BCUT2D eigenvalue weighted by Gasteiger charge is 2.11. The molecular weight excluding hydrogens is 430 g/mol. The van der Waals surface area contributed by atoms with Gasteiger partial charge in [0.15, 0.2) is 4.99 Å². The average molecular weight is 451 g/mol. The van der Waals surface area contributed by atoms with E-state index in [2.05, 4.69) is 20.7 Å². The highest BCUT2D eigenvalue weighted by Crippen LogP contribution is 2.22. The van der Waals surface area contributed by atoms with Gasteiger partial charge >= 0.3 is 0 Å². The number of anilines is 1. The van der Waals surface area contributed by atoms with Crippen molar-refractivity contribution in [3.8, 4) is 0 Å². The summed E-state index contributed by atoms with van der Waals surface area (Å²) in [6, 6.07) is 19.8. The summed E-state index contributed by atoms with van der Waals surface area (Å²) >= 11 is 5.12. The lowest BCUT2D eigenvalue weighted by Crippen LogP contribution is -2.42. The van der Waals surface area contributed by atoms with Gasteiger partial charge in [-0.25, -0.2) is 14.2 Å². The van der Waals surface area contributed by atoms with E-state index in [1.54, 1.807) is 12.1 Å². The van der Waals surface area contributed by atoms with Gasteiger partial charge in [0.1, 0.15) is 11.6 Å². The van der Waals surface area contributed by atoms with E-state index in [0.29, 0.717) is 18.8 Å². The highest BCUT2D eigenvalue weighted by atomic mass is 32.1. The van der Waals surface area contributed by atoms with E-state index in [1.165, 1.54) is 36.4 Å². The molecule has 5 nitrogen and oxygen atoms in total. The first-order chi connectivity index (χ1) is 15.5. The van der Waals surface area contributed by atoms with Gasteiger partial charge in [0.25, 0.3) is 5.91 Å². The number of hydrogen-bond acceptors (Lipinski definition) is 3.